The second-order valence-corrected chi connectivity index (χ2v) is 8.76. The minimum absolute atomic E-state index is 0.111. The number of morpholine rings is 1. The van der Waals surface area contributed by atoms with Gasteiger partial charge in [-0.1, -0.05) is 12.1 Å². The van der Waals surface area contributed by atoms with Gasteiger partial charge in [-0.05, 0) is 36.2 Å². The van der Waals surface area contributed by atoms with Crippen molar-refractivity contribution in [3.8, 4) is 17.2 Å². The Balaban J connectivity index is 1.52. The number of carbonyl (C=O) groups is 1. The summed E-state index contributed by atoms with van der Waals surface area (Å²) in [5.41, 5.74) is 3.21. The van der Waals surface area contributed by atoms with Gasteiger partial charge in [0.25, 0.3) is 0 Å². The van der Waals surface area contributed by atoms with Gasteiger partial charge in [0.15, 0.2) is 11.5 Å². The fourth-order valence-electron chi connectivity index (χ4n) is 2.94. The second-order valence-electron chi connectivity index (χ2n) is 6.82. The van der Waals surface area contributed by atoms with Crippen LogP contribution in [0.1, 0.15) is 17.5 Å². The molecular formula is C20H23N3O7S. The van der Waals surface area contributed by atoms with Gasteiger partial charge < -0.3 is 20.1 Å². The predicted octanol–water partition coefficient (Wildman–Crippen LogP) is 0.907. The molecule has 1 saturated heterocycles. The van der Waals surface area contributed by atoms with Crippen molar-refractivity contribution in [2.24, 2.45) is 5.10 Å². The lowest BCUT2D eigenvalue weighted by atomic mass is 10.1. The van der Waals surface area contributed by atoms with Crippen molar-refractivity contribution in [3.63, 3.8) is 0 Å². The summed E-state index contributed by atoms with van der Waals surface area (Å²) in [7, 11) is -3.56. The lowest BCUT2D eigenvalue weighted by Crippen LogP contribution is -2.40. The molecule has 0 radical (unpaired) electrons. The van der Waals surface area contributed by atoms with E-state index in [1.54, 1.807) is 12.1 Å². The zero-order valence-corrected chi connectivity index (χ0v) is 17.4. The molecule has 31 heavy (non-hydrogen) atoms. The maximum absolute atomic E-state index is 12.6. The first-order valence-electron chi connectivity index (χ1n) is 9.51. The van der Waals surface area contributed by atoms with Crippen molar-refractivity contribution in [1.82, 2.24) is 9.73 Å². The first kappa shape index (κ1) is 22.5. The summed E-state index contributed by atoms with van der Waals surface area (Å²) in [5, 5.41) is 32.1. The van der Waals surface area contributed by atoms with E-state index in [9.17, 15) is 28.5 Å². The number of aryl methyl sites for hydroxylation is 1. The van der Waals surface area contributed by atoms with Gasteiger partial charge in [-0.25, -0.2) is 13.8 Å². The molecule has 0 spiro atoms. The SMILES string of the molecule is O=C(CCc1ccc(S(=O)(=O)N2CCOCC2)cc1)N/N=C/c1ccc(O)c(O)c1O. The van der Waals surface area contributed by atoms with Crippen molar-refractivity contribution in [3.05, 3.63) is 47.5 Å². The summed E-state index contributed by atoms with van der Waals surface area (Å²) >= 11 is 0. The number of carbonyl (C=O) groups excluding carboxylic acids is 1. The Bertz CT molecular complexity index is 1060. The van der Waals surface area contributed by atoms with Crippen molar-refractivity contribution >= 4 is 22.1 Å². The number of hydrazone groups is 1. The number of hydrogen-bond acceptors (Lipinski definition) is 8. The van der Waals surface area contributed by atoms with E-state index in [2.05, 4.69) is 10.5 Å². The highest BCUT2D eigenvalue weighted by molar-refractivity contribution is 7.89. The molecule has 166 valence electrons. The number of phenolic OH excluding ortho intramolecular Hbond substituents is 3. The van der Waals surface area contributed by atoms with Gasteiger partial charge in [0.05, 0.1) is 24.3 Å². The summed E-state index contributed by atoms with van der Waals surface area (Å²) in [6, 6.07) is 8.89. The van der Waals surface area contributed by atoms with Gasteiger partial charge in [-0.15, -0.1) is 0 Å². The number of hydrogen-bond donors (Lipinski definition) is 4. The predicted molar refractivity (Wildman–Crippen MR) is 112 cm³/mol. The Morgan fingerprint density at radius 3 is 2.42 bits per heavy atom. The summed E-state index contributed by atoms with van der Waals surface area (Å²) in [4.78, 5) is 12.2. The summed E-state index contributed by atoms with van der Waals surface area (Å²) in [6.07, 6.45) is 1.63. The summed E-state index contributed by atoms with van der Waals surface area (Å²) in [5.74, 6) is -2.08. The average molecular weight is 449 g/mol. The molecular weight excluding hydrogens is 426 g/mol. The van der Waals surface area contributed by atoms with Crippen LogP contribution in [0.25, 0.3) is 0 Å². The Morgan fingerprint density at radius 2 is 1.74 bits per heavy atom. The number of ether oxygens (including phenoxy) is 1. The van der Waals surface area contributed by atoms with Crippen LogP contribution < -0.4 is 5.43 Å². The van der Waals surface area contributed by atoms with Gasteiger partial charge in [-0.3, -0.25) is 4.79 Å². The maximum Gasteiger partial charge on any atom is 0.243 e. The van der Waals surface area contributed by atoms with E-state index in [0.29, 0.717) is 32.7 Å². The van der Waals surface area contributed by atoms with Crippen LogP contribution in [0.2, 0.25) is 0 Å². The normalized spacial score (nSPS) is 15.2. The second kappa shape index (κ2) is 9.77. The first-order chi connectivity index (χ1) is 14.8. The van der Waals surface area contributed by atoms with Crippen LogP contribution in [-0.4, -0.2) is 66.5 Å². The van der Waals surface area contributed by atoms with E-state index in [0.717, 1.165) is 11.8 Å². The smallest absolute Gasteiger partial charge is 0.243 e. The molecule has 2 aromatic rings. The number of aromatic hydroxyl groups is 3. The third-order valence-electron chi connectivity index (χ3n) is 4.73. The molecule has 1 aliphatic rings. The monoisotopic (exact) mass is 449 g/mol. The highest BCUT2D eigenvalue weighted by Crippen LogP contribution is 2.36. The third kappa shape index (κ3) is 5.51. The van der Waals surface area contributed by atoms with E-state index in [1.165, 1.54) is 28.6 Å². The molecule has 10 nitrogen and oxygen atoms in total. The van der Waals surface area contributed by atoms with Crippen LogP contribution in [0, 0.1) is 0 Å². The van der Waals surface area contributed by atoms with Gasteiger partial charge in [0, 0.05) is 25.1 Å². The molecule has 3 rings (SSSR count). The number of nitrogens with one attached hydrogen (secondary N) is 1. The van der Waals surface area contributed by atoms with Gasteiger partial charge in [-0.2, -0.15) is 9.41 Å². The van der Waals surface area contributed by atoms with Crippen LogP contribution in [0.5, 0.6) is 17.2 Å². The van der Waals surface area contributed by atoms with E-state index in [4.69, 9.17) is 4.74 Å². The van der Waals surface area contributed by atoms with E-state index >= 15 is 0 Å². The quantitative estimate of drug-likeness (QED) is 0.279. The number of nitrogens with zero attached hydrogens (tertiary/aromatic N) is 2. The van der Waals surface area contributed by atoms with Crippen molar-refractivity contribution in [2.45, 2.75) is 17.7 Å². The lowest BCUT2D eigenvalue weighted by Gasteiger charge is -2.26. The minimum atomic E-state index is -3.56. The van der Waals surface area contributed by atoms with Crippen LogP contribution in [0.15, 0.2) is 46.4 Å². The highest BCUT2D eigenvalue weighted by Gasteiger charge is 2.26. The van der Waals surface area contributed by atoms with Crippen molar-refractivity contribution in [1.29, 1.82) is 0 Å². The van der Waals surface area contributed by atoms with Crippen LogP contribution >= 0.6 is 0 Å². The van der Waals surface area contributed by atoms with Crippen LogP contribution in [0.3, 0.4) is 0 Å². The minimum Gasteiger partial charge on any atom is -0.504 e. The Labute approximate surface area is 179 Å². The van der Waals surface area contributed by atoms with E-state index < -0.39 is 27.3 Å². The van der Waals surface area contributed by atoms with Gasteiger partial charge >= 0.3 is 0 Å². The maximum atomic E-state index is 12.6. The fourth-order valence-corrected chi connectivity index (χ4v) is 4.35. The molecule has 0 saturated carbocycles. The largest absolute Gasteiger partial charge is 0.504 e. The fraction of sp³-hybridized carbons (Fsp3) is 0.300. The molecule has 2 aromatic carbocycles. The molecule has 1 fully saturated rings. The van der Waals surface area contributed by atoms with Crippen molar-refractivity contribution in [2.75, 3.05) is 26.3 Å². The molecule has 11 heteroatoms. The number of sulfonamides is 1. The topological polar surface area (TPSA) is 149 Å². The molecule has 1 amide bonds. The average Bonchev–Trinajstić information content (AvgIpc) is 2.78. The summed E-state index contributed by atoms with van der Waals surface area (Å²) in [6.45, 7) is 1.41. The van der Waals surface area contributed by atoms with Crippen LogP contribution in [-0.2, 0) is 26.0 Å². The molecule has 0 aromatic heterocycles. The van der Waals surface area contributed by atoms with Crippen molar-refractivity contribution < 1.29 is 33.3 Å². The number of benzene rings is 2. The third-order valence-corrected chi connectivity index (χ3v) is 6.64. The Kier molecular flexibility index (Phi) is 7.10. The van der Waals surface area contributed by atoms with E-state index in [-0.39, 0.29) is 22.8 Å². The lowest BCUT2D eigenvalue weighted by molar-refractivity contribution is -0.121. The van der Waals surface area contributed by atoms with Crippen LogP contribution in [0.4, 0.5) is 0 Å². The van der Waals surface area contributed by atoms with E-state index in [1.807, 2.05) is 0 Å². The molecule has 0 unspecified atom stereocenters. The van der Waals surface area contributed by atoms with Gasteiger partial charge in [0.1, 0.15) is 0 Å². The standard InChI is InChI=1S/C20H23N3O7S/c24-17-7-4-15(19(26)20(17)27)13-21-22-18(25)8-3-14-1-5-16(6-2-14)31(28,29)23-9-11-30-12-10-23/h1-2,4-7,13,24,26-27H,3,8-12H2,(H,22,25)/b21-13+. The zero-order valence-electron chi connectivity index (χ0n) is 16.6. The van der Waals surface area contributed by atoms with Gasteiger partial charge in [0.2, 0.25) is 21.7 Å². The number of rotatable bonds is 7. The zero-order chi connectivity index (χ0) is 22.4. The molecule has 0 aliphatic carbocycles. The first-order valence-corrected chi connectivity index (χ1v) is 11.0. The Morgan fingerprint density at radius 1 is 1.06 bits per heavy atom. The molecule has 0 atom stereocenters. The highest BCUT2D eigenvalue weighted by atomic mass is 32.2. The summed E-state index contributed by atoms with van der Waals surface area (Å²) < 4.78 is 31.8. The number of amides is 1. The number of phenols is 3. The molecule has 4 N–H and O–H groups in total. The molecule has 1 aliphatic heterocycles. The molecule has 1 heterocycles. The molecule has 0 bridgehead atoms. The Hall–Kier alpha value is -3.15.